The Labute approximate surface area is 203 Å². The summed E-state index contributed by atoms with van der Waals surface area (Å²) in [6.45, 7) is 0.546. The maximum atomic E-state index is 13.3. The second-order valence-electron chi connectivity index (χ2n) is 8.59. The minimum atomic E-state index is -0.274. The summed E-state index contributed by atoms with van der Waals surface area (Å²) in [5.74, 6) is 0.644. The van der Waals surface area contributed by atoms with Gasteiger partial charge in [0.05, 0.1) is 24.4 Å². The van der Waals surface area contributed by atoms with Gasteiger partial charge in [-0.25, -0.2) is 9.97 Å². The highest BCUT2D eigenvalue weighted by Crippen LogP contribution is 2.28. The van der Waals surface area contributed by atoms with Crippen LogP contribution in [-0.4, -0.2) is 40.4 Å². The molecule has 0 radical (unpaired) electrons. The van der Waals surface area contributed by atoms with E-state index in [2.05, 4.69) is 16.5 Å². The van der Waals surface area contributed by atoms with Crippen molar-refractivity contribution in [3.8, 4) is 5.75 Å². The number of rotatable bonds is 7. The van der Waals surface area contributed by atoms with Crippen LogP contribution >= 0.6 is 0 Å². The Morgan fingerprint density at radius 1 is 1.17 bits per heavy atom. The second-order valence-corrected chi connectivity index (χ2v) is 8.59. The smallest absolute Gasteiger partial charge is 0.257 e. The van der Waals surface area contributed by atoms with E-state index in [0.717, 1.165) is 30.6 Å². The molecule has 1 amide bonds. The molecule has 1 aliphatic carbocycles. The topological polar surface area (TPSA) is 107 Å². The summed E-state index contributed by atoms with van der Waals surface area (Å²) >= 11 is 0. The molecule has 2 aromatic heterocycles. The van der Waals surface area contributed by atoms with Gasteiger partial charge >= 0.3 is 0 Å². The number of carbonyl (C=O) groups excluding carboxylic acids is 1. The second kappa shape index (κ2) is 9.97. The van der Waals surface area contributed by atoms with Crippen LogP contribution in [0.1, 0.15) is 48.0 Å². The largest absolute Gasteiger partial charge is 0.497 e. The van der Waals surface area contributed by atoms with Gasteiger partial charge in [-0.1, -0.05) is 35.9 Å². The van der Waals surface area contributed by atoms with Gasteiger partial charge in [-0.05, 0) is 61.9 Å². The zero-order chi connectivity index (χ0) is 24.2. The van der Waals surface area contributed by atoms with Gasteiger partial charge in [0.25, 0.3) is 5.91 Å². The Morgan fingerprint density at radius 3 is 2.77 bits per heavy atom. The number of amides is 1. The van der Waals surface area contributed by atoms with E-state index in [4.69, 9.17) is 20.4 Å². The normalized spacial score (nSPS) is 13.9. The van der Waals surface area contributed by atoms with E-state index in [9.17, 15) is 4.79 Å². The third-order valence-electron chi connectivity index (χ3n) is 6.23. The Balaban J connectivity index is 1.51. The van der Waals surface area contributed by atoms with Crippen LogP contribution in [0.15, 0.2) is 65.3 Å². The molecule has 0 atom stereocenters. The summed E-state index contributed by atoms with van der Waals surface area (Å²) < 4.78 is 6.77. The Bertz CT molecular complexity index is 1450. The minimum Gasteiger partial charge on any atom is -0.497 e. The molecule has 178 valence electrons. The van der Waals surface area contributed by atoms with E-state index in [1.165, 1.54) is 23.1 Å². The number of carbonyl (C=O) groups is 1. The molecule has 5 rings (SSSR count). The lowest BCUT2D eigenvalue weighted by Crippen LogP contribution is -2.25. The Morgan fingerprint density at radius 2 is 2.00 bits per heavy atom. The maximum absolute atomic E-state index is 13.3. The van der Waals surface area contributed by atoms with Gasteiger partial charge in [-0.15, -0.1) is 0 Å². The number of benzene rings is 2. The molecule has 0 saturated carbocycles. The van der Waals surface area contributed by atoms with Crippen LogP contribution in [0.2, 0.25) is 0 Å². The number of nitrogens with one attached hydrogen (secondary N) is 1. The Kier molecular flexibility index (Phi) is 6.43. The van der Waals surface area contributed by atoms with Gasteiger partial charge in [0.1, 0.15) is 22.6 Å². The van der Waals surface area contributed by atoms with Crippen molar-refractivity contribution in [1.82, 2.24) is 20.0 Å². The number of methoxy groups -OCH3 is 1. The highest BCUT2D eigenvalue weighted by molar-refractivity contribution is 6.10. The van der Waals surface area contributed by atoms with Crippen LogP contribution in [0.5, 0.6) is 5.75 Å². The van der Waals surface area contributed by atoms with E-state index in [1.807, 2.05) is 48.5 Å². The lowest BCUT2D eigenvalue weighted by atomic mass is 9.97. The van der Waals surface area contributed by atoms with E-state index < -0.39 is 0 Å². The molecule has 0 saturated heterocycles. The first-order valence-electron chi connectivity index (χ1n) is 11.8. The number of ether oxygens (including phenoxy) is 1. The number of anilines is 1. The number of hydrogen-bond donors (Lipinski definition) is 2. The van der Waals surface area contributed by atoms with Gasteiger partial charge < -0.3 is 15.8 Å². The molecule has 3 N–H and O–H groups in total. The van der Waals surface area contributed by atoms with Gasteiger partial charge in [0.15, 0.2) is 5.65 Å². The molecule has 0 bridgehead atoms. The molecule has 0 fully saturated rings. The fraction of sp³-hybridized carbons (Fsp3) is 0.259. The Hall–Kier alpha value is -4.20. The monoisotopic (exact) mass is 468 g/mol. The van der Waals surface area contributed by atoms with Gasteiger partial charge in [0.2, 0.25) is 0 Å². The van der Waals surface area contributed by atoms with E-state index in [1.54, 1.807) is 13.3 Å². The van der Waals surface area contributed by atoms with Crippen molar-refractivity contribution < 1.29 is 9.53 Å². The van der Waals surface area contributed by atoms with Crippen molar-refractivity contribution in [2.45, 2.75) is 32.1 Å². The van der Waals surface area contributed by atoms with Gasteiger partial charge in [-0.2, -0.15) is 9.78 Å². The van der Waals surface area contributed by atoms with E-state index in [-0.39, 0.29) is 11.7 Å². The molecule has 1 aliphatic rings. The average Bonchev–Trinajstić information content (AvgIpc) is 3.16. The van der Waals surface area contributed by atoms with Crippen LogP contribution in [-0.2, 0) is 0 Å². The number of hydrogen-bond acceptors (Lipinski definition) is 6. The summed E-state index contributed by atoms with van der Waals surface area (Å²) in [7, 11) is 1.62. The summed E-state index contributed by atoms with van der Waals surface area (Å²) in [6, 6.07) is 15.0. The summed E-state index contributed by atoms with van der Waals surface area (Å²) in [4.78, 5) is 22.7. The number of nitrogens with two attached hydrogens (primary N) is 1. The molecule has 0 unspecified atom stereocenters. The third-order valence-corrected chi connectivity index (χ3v) is 6.23. The van der Waals surface area contributed by atoms with Crippen LogP contribution in [0.25, 0.3) is 22.2 Å². The van der Waals surface area contributed by atoms with E-state index in [0.29, 0.717) is 34.3 Å². The first kappa shape index (κ1) is 22.6. The minimum absolute atomic E-state index is 0.198. The summed E-state index contributed by atoms with van der Waals surface area (Å²) in [6.07, 6.45) is 9.48. The summed E-state index contributed by atoms with van der Waals surface area (Å²) in [5.41, 5.74) is 11.3. The van der Waals surface area contributed by atoms with Crippen molar-refractivity contribution >= 4 is 40.1 Å². The third kappa shape index (κ3) is 4.73. The lowest BCUT2D eigenvalue weighted by molar-refractivity contribution is 0.0956. The summed E-state index contributed by atoms with van der Waals surface area (Å²) in [5, 5.41) is 7.58. The molecule has 35 heavy (non-hydrogen) atoms. The zero-order valence-electron chi connectivity index (χ0n) is 19.7. The van der Waals surface area contributed by atoms with Crippen LogP contribution in [0.4, 0.5) is 5.82 Å². The van der Waals surface area contributed by atoms with Crippen molar-refractivity contribution in [2.24, 2.45) is 5.10 Å². The first-order chi connectivity index (χ1) is 17.1. The van der Waals surface area contributed by atoms with Crippen LogP contribution < -0.4 is 15.8 Å². The first-order valence-corrected chi connectivity index (χ1v) is 11.8. The van der Waals surface area contributed by atoms with Crippen molar-refractivity contribution in [1.29, 1.82) is 0 Å². The zero-order valence-corrected chi connectivity index (χ0v) is 19.7. The van der Waals surface area contributed by atoms with Crippen LogP contribution in [0.3, 0.4) is 0 Å². The molecule has 8 nitrogen and oxygen atoms in total. The average molecular weight is 469 g/mol. The lowest BCUT2D eigenvalue weighted by Gasteiger charge is -2.12. The number of aromatic nitrogens is 3. The fourth-order valence-electron chi connectivity index (χ4n) is 4.39. The maximum Gasteiger partial charge on any atom is 0.257 e. The highest BCUT2D eigenvalue weighted by Gasteiger charge is 2.24. The SMILES string of the molecule is COc1cccc(C=Nn2c(N)c(C(=O)NCCC3=CCCCC3)c3nc4ccccc4nc32)c1. The molecule has 2 heterocycles. The molecule has 2 aromatic carbocycles. The quantitative estimate of drug-likeness (QED) is 0.303. The number of nitrogens with zero attached hydrogens (tertiary/aromatic N) is 4. The number of allylic oxidation sites excluding steroid dienone is 1. The predicted molar refractivity (Wildman–Crippen MR) is 139 cm³/mol. The molecule has 0 aliphatic heterocycles. The van der Waals surface area contributed by atoms with Crippen molar-refractivity contribution in [3.05, 3.63) is 71.3 Å². The molecule has 8 heteroatoms. The standard InChI is InChI=1S/C27H28N6O2/c1-35-20-11-7-10-19(16-20)17-30-33-25(28)23(27(34)29-15-14-18-8-3-2-4-9-18)24-26(33)32-22-13-6-5-12-21(22)31-24/h5-8,10-13,16-17H,2-4,9,14-15,28H2,1H3,(H,29,34). The van der Waals surface area contributed by atoms with Crippen LogP contribution in [0, 0.1) is 0 Å². The molecule has 0 spiro atoms. The number of nitrogen functional groups attached to an aromatic ring is 1. The molecular formula is C27H28N6O2. The highest BCUT2D eigenvalue weighted by atomic mass is 16.5. The number of para-hydroxylation sites is 2. The van der Waals surface area contributed by atoms with Crippen molar-refractivity contribution in [2.75, 3.05) is 19.4 Å². The van der Waals surface area contributed by atoms with E-state index >= 15 is 0 Å². The number of fused-ring (bicyclic) bond motifs is 2. The predicted octanol–water partition coefficient (Wildman–Crippen LogP) is 4.68. The van der Waals surface area contributed by atoms with Gasteiger partial charge in [-0.3, -0.25) is 4.79 Å². The van der Waals surface area contributed by atoms with Gasteiger partial charge in [0, 0.05) is 6.54 Å². The fourth-order valence-corrected chi connectivity index (χ4v) is 4.39. The van der Waals surface area contributed by atoms with Crippen molar-refractivity contribution in [3.63, 3.8) is 0 Å². The molecular weight excluding hydrogens is 440 g/mol. The molecule has 4 aromatic rings.